The Morgan fingerprint density at radius 2 is 1.80 bits per heavy atom. The zero-order valence-corrected chi connectivity index (χ0v) is 16.1. The molecular weight excluding hydrogens is 397 g/mol. The average molecular weight is 414 g/mol. The van der Waals surface area contributed by atoms with Gasteiger partial charge in [-0.15, -0.1) is 5.10 Å². The minimum absolute atomic E-state index is 0.106. The minimum Gasteiger partial charge on any atom is -0.332 e. The zero-order valence-electron chi connectivity index (χ0n) is 16.1. The second-order valence-electron chi connectivity index (χ2n) is 7.65. The van der Waals surface area contributed by atoms with E-state index in [1.165, 1.54) is 18.4 Å². The standard InChI is InChI=1S/C20H17F3N6O/c1-9-5-12(11-3-4-11)6-10(2)15(9)29-8-13-16(28-29)26-18(27-19(13)30)17-24-7-14(25-17)20(21,22)23/h5-8,11H,3-4H2,1-2H3,(H,24,25)(H,26,27,28,30). The molecule has 0 radical (unpaired) electrons. The van der Waals surface area contributed by atoms with E-state index in [2.05, 4.69) is 37.2 Å². The van der Waals surface area contributed by atoms with Crippen LogP contribution in [0.3, 0.4) is 0 Å². The maximum Gasteiger partial charge on any atom is 0.432 e. The van der Waals surface area contributed by atoms with E-state index in [1.807, 2.05) is 13.8 Å². The Labute approximate surface area is 168 Å². The van der Waals surface area contributed by atoms with Gasteiger partial charge < -0.3 is 9.97 Å². The van der Waals surface area contributed by atoms with Gasteiger partial charge in [0.05, 0.1) is 11.9 Å². The summed E-state index contributed by atoms with van der Waals surface area (Å²) in [6, 6.07) is 4.27. The van der Waals surface area contributed by atoms with Gasteiger partial charge >= 0.3 is 6.18 Å². The average Bonchev–Trinajstić information content (AvgIpc) is 3.21. The van der Waals surface area contributed by atoms with Crippen LogP contribution in [0.2, 0.25) is 0 Å². The monoisotopic (exact) mass is 414 g/mol. The summed E-state index contributed by atoms with van der Waals surface area (Å²) in [5.74, 6) is 0.331. The number of aromatic nitrogens is 6. The number of aryl methyl sites for hydroxylation is 2. The van der Waals surface area contributed by atoms with Gasteiger partial charge in [-0.2, -0.15) is 13.2 Å². The Hall–Kier alpha value is -3.43. The molecule has 1 aliphatic carbocycles. The summed E-state index contributed by atoms with van der Waals surface area (Å²) in [5, 5.41) is 4.66. The van der Waals surface area contributed by atoms with E-state index in [1.54, 1.807) is 10.9 Å². The number of rotatable bonds is 3. The number of fused-ring (bicyclic) bond motifs is 1. The lowest BCUT2D eigenvalue weighted by atomic mass is 10.0. The van der Waals surface area contributed by atoms with Crippen molar-refractivity contribution in [3.05, 3.63) is 57.3 Å². The van der Waals surface area contributed by atoms with Gasteiger partial charge in [-0.25, -0.2) is 14.6 Å². The Kier molecular flexibility index (Phi) is 3.89. The second-order valence-corrected chi connectivity index (χ2v) is 7.65. The molecule has 10 heteroatoms. The molecule has 2 N–H and O–H groups in total. The fourth-order valence-electron chi connectivity index (χ4n) is 3.73. The summed E-state index contributed by atoms with van der Waals surface area (Å²) < 4.78 is 40.1. The molecule has 1 fully saturated rings. The van der Waals surface area contributed by atoms with Crippen molar-refractivity contribution < 1.29 is 13.2 Å². The fraction of sp³-hybridized carbons (Fsp3) is 0.300. The third-order valence-corrected chi connectivity index (χ3v) is 5.29. The van der Waals surface area contributed by atoms with Crippen LogP contribution < -0.4 is 5.56 Å². The highest BCUT2D eigenvalue weighted by molar-refractivity contribution is 5.75. The van der Waals surface area contributed by atoms with Crippen LogP contribution in [0.25, 0.3) is 28.4 Å². The summed E-state index contributed by atoms with van der Waals surface area (Å²) >= 11 is 0. The number of hydrogen-bond acceptors (Lipinski definition) is 4. The quantitative estimate of drug-likeness (QED) is 0.530. The van der Waals surface area contributed by atoms with Gasteiger partial charge in [0.15, 0.2) is 17.3 Å². The molecule has 1 aliphatic rings. The van der Waals surface area contributed by atoms with Crippen LogP contribution in [0.1, 0.15) is 41.1 Å². The number of H-pyrrole nitrogens is 2. The molecule has 4 aromatic rings. The van der Waals surface area contributed by atoms with Crippen molar-refractivity contribution in [3.8, 4) is 17.3 Å². The van der Waals surface area contributed by atoms with E-state index in [9.17, 15) is 18.0 Å². The Morgan fingerprint density at radius 3 is 2.40 bits per heavy atom. The molecule has 0 atom stereocenters. The molecule has 154 valence electrons. The number of aromatic amines is 2. The number of imidazole rings is 1. The summed E-state index contributed by atoms with van der Waals surface area (Å²) in [6.07, 6.45) is 0.0785. The lowest BCUT2D eigenvalue weighted by Crippen LogP contribution is -2.09. The van der Waals surface area contributed by atoms with E-state index in [4.69, 9.17) is 0 Å². The molecule has 1 aromatic carbocycles. The molecule has 0 aliphatic heterocycles. The third kappa shape index (κ3) is 3.08. The Balaban J connectivity index is 1.60. The van der Waals surface area contributed by atoms with Gasteiger partial charge in [-0.1, -0.05) is 12.1 Å². The van der Waals surface area contributed by atoms with Crippen LogP contribution >= 0.6 is 0 Å². The van der Waals surface area contributed by atoms with Crippen molar-refractivity contribution in [3.63, 3.8) is 0 Å². The van der Waals surface area contributed by atoms with Gasteiger partial charge in [0, 0.05) is 6.20 Å². The van der Waals surface area contributed by atoms with E-state index in [0.29, 0.717) is 12.1 Å². The minimum atomic E-state index is -4.57. The van der Waals surface area contributed by atoms with Crippen LogP contribution in [0.4, 0.5) is 13.2 Å². The van der Waals surface area contributed by atoms with Crippen LogP contribution in [-0.2, 0) is 6.18 Å². The van der Waals surface area contributed by atoms with Crippen molar-refractivity contribution in [2.24, 2.45) is 0 Å². The molecule has 0 unspecified atom stereocenters. The number of nitrogens with zero attached hydrogens (tertiary/aromatic N) is 4. The van der Waals surface area contributed by atoms with E-state index >= 15 is 0 Å². The van der Waals surface area contributed by atoms with Crippen LogP contribution in [0.5, 0.6) is 0 Å². The molecule has 7 nitrogen and oxygen atoms in total. The smallest absolute Gasteiger partial charge is 0.332 e. The fourth-order valence-corrected chi connectivity index (χ4v) is 3.73. The molecule has 3 heterocycles. The normalized spacial score (nSPS) is 14.6. The molecule has 5 rings (SSSR count). The maximum absolute atomic E-state index is 12.8. The first-order valence-corrected chi connectivity index (χ1v) is 9.44. The van der Waals surface area contributed by atoms with Crippen molar-refractivity contribution in [2.75, 3.05) is 0 Å². The lowest BCUT2D eigenvalue weighted by molar-refractivity contribution is -0.140. The lowest BCUT2D eigenvalue weighted by Gasteiger charge is -2.12. The van der Waals surface area contributed by atoms with Crippen LogP contribution in [0, 0.1) is 13.8 Å². The molecule has 0 bridgehead atoms. The van der Waals surface area contributed by atoms with Gasteiger partial charge in [0.25, 0.3) is 5.56 Å². The number of nitrogens with one attached hydrogen (secondary N) is 2. The van der Waals surface area contributed by atoms with Gasteiger partial charge in [0.1, 0.15) is 11.1 Å². The summed E-state index contributed by atoms with van der Waals surface area (Å²) in [7, 11) is 0. The van der Waals surface area contributed by atoms with Crippen molar-refractivity contribution >= 4 is 11.0 Å². The third-order valence-electron chi connectivity index (χ3n) is 5.29. The predicted octanol–water partition coefficient (Wildman–Crippen LogP) is 4.01. The zero-order chi connectivity index (χ0) is 21.2. The first-order valence-electron chi connectivity index (χ1n) is 9.44. The topological polar surface area (TPSA) is 92.2 Å². The number of benzene rings is 1. The highest BCUT2D eigenvalue weighted by Crippen LogP contribution is 2.41. The van der Waals surface area contributed by atoms with Crippen molar-refractivity contribution in [2.45, 2.75) is 38.8 Å². The van der Waals surface area contributed by atoms with Gasteiger partial charge in [-0.3, -0.25) is 4.79 Å². The first kappa shape index (κ1) is 18.6. The summed E-state index contributed by atoms with van der Waals surface area (Å²) in [4.78, 5) is 25.0. The molecule has 1 saturated carbocycles. The maximum atomic E-state index is 12.8. The number of hydrogen-bond donors (Lipinski definition) is 2. The first-order chi connectivity index (χ1) is 14.2. The largest absolute Gasteiger partial charge is 0.432 e. The predicted molar refractivity (Wildman–Crippen MR) is 104 cm³/mol. The number of alkyl halides is 3. The number of halogens is 3. The molecule has 0 saturated heterocycles. The van der Waals surface area contributed by atoms with Crippen molar-refractivity contribution in [1.82, 2.24) is 29.7 Å². The highest BCUT2D eigenvalue weighted by Gasteiger charge is 2.33. The van der Waals surface area contributed by atoms with Crippen LogP contribution in [-0.4, -0.2) is 29.7 Å². The Morgan fingerprint density at radius 1 is 1.10 bits per heavy atom. The Bertz CT molecular complexity index is 1320. The van der Waals surface area contributed by atoms with Gasteiger partial charge in [-0.05, 0) is 49.3 Å². The van der Waals surface area contributed by atoms with Crippen LogP contribution in [0.15, 0.2) is 29.3 Å². The SMILES string of the molecule is Cc1cc(C2CC2)cc(C)c1-n1cc2c(=O)[nH]c(-c3ncc(C(F)(F)F)[nH]3)nc2n1. The summed E-state index contributed by atoms with van der Waals surface area (Å²) in [5.41, 5.74) is 2.83. The molecule has 3 aromatic heterocycles. The molecular formula is C20H17F3N6O. The molecule has 0 spiro atoms. The van der Waals surface area contributed by atoms with Crippen molar-refractivity contribution in [1.29, 1.82) is 0 Å². The van der Waals surface area contributed by atoms with E-state index in [0.717, 1.165) is 16.8 Å². The molecule has 0 amide bonds. The second kappa shape index (κ2) is 6.28. The summed E-state index contributed by atoms with van der Waals surface area (Å²) in [6.45, 7) is 3.98. The molecule has 30 heavy (non-hydrogen) atoms. The van der Waals surface area contributed by atoms with Gasteiger partial charge in [0.2, 0.25) is 0 Å². The van der Waals surface area contributed by atoms with E-state index in [-0.39, 0.29) is 22.7 Å². The highest BCUT2D eigenvalue weighted by atomic mass is 19.4. The van der Waals surface area contributed by atoms with E-state index < -0.39 is 17.4 Å².